The summed E-state index contributed by atoms with van der Waals surface area (Å²) in [5, 5.41) is 4.26. The van der Waals surface area contributed by atoms with Crippen LogP contribution in [0.15, 0.2) is 54.6 Å². The van der Waals surface area contributed by atoms with Gasteiger partial charge in [-0.25, -0.2) is 4.79 Å². The lowest BCUT2D eigenvalue weighted by molar-refractivity contribution is 0.187. The number of carbonyl (C=O) groups is 1. The molecule has 4 heteroatoms. The summed E-state index contributed by atoms with van der Waals surface area (Å²) in [5.74, 6) is 0. The molecule has 116 valence electrons. The highest BCUT2D eigenvalue weighted by Gasteiger charge is 2.30. The molecule has 0 fully saturated rings. The first-order valence-corrected chi connectivity index (χ1v) is 7.96. The number of para-hydroxylation sites is 2. The Morgan fingerprint density at radius 3 is 2.70 bits per heavy atom. The molecule has 0 saturated carbocycles. The molecule has 1 aromatic heterocycles. The van der Waals surface area contributed by atoms with Crippen molar-refractivity contribution in [2.75, 3.05) is 11.9 Å². The number of nitrogens with zero attached hydrogens (tertiary/aromatic N) is 1. The van der Waals surface area contributed by atoms with Crippen LogP contribution in [0.5, 0.6) is 0 Å². The van der Waals surface area contributed by atoms with E-state index in [0.29, 0.717) is 0 Å². The molecule has 4 rings (SSSR count). The molecule has 23 heavy (non-hydrogen) atoms. The largest absolute Gasteiger partial charge is 0.356 e. The third-order valence-electron chi connectivity index (χ3n) is 4.62. The zero-order chi connectivity index (χ0) is 15.8. The highest BCUT2D eigenvalue weighted by Crippen LogP contribution is 2.34. The molecule has 0 aliphatic carbocycles. The van der Waals surface area contributed by atoms with E-state index in [2.05, 4.69) is 35.4 Å². The van der Waals surface area contributed by atoms with Gasteiger partial charge in [-0.3, -0.25) is 0 Å². The van der Waals surface area contributed by atoms with E-state index in [4.69, 9.17) is 0 Å². The molecular weight excluding hydrogens is 286 g/mol. The van der Waals surface area contributed by atoms with Crippen LogP contribution < -0.4 is 5.32 Å². The number of hydrogen-bond donors (Lipinski definition) is 2. The molecule has 1 aliphatic heterocycles. The quantitative estimate of drug-likeness (QED) is 0.691. The van der Waals surface area contributed by atoms with Gasteiger partial charge in [0.05, 0.1) is 6.04 Å². The van der Waals surface area contributed by atoms with Crippen LogP contribution in [0.2, 0.25) is 0 Å². The summed E-state index contributed by atoms with van der Waals surface area (Å²) >= 11 is 0. The molecule has 1 aliphatic rings. The molecule has 0 bridgehead atoms. The number of rotatable bonds is 1. The number of nitrogens with one attached hydrogen (secondary N) is 2. The van der Waals surface area contributed by atoms with Crippen LogP contribution in [0, 0.1) is 0 Å². The van der Waals surface area contributed by atoms with Crippen molar-refractivity contribution in [1.29, 1.82) is 0 Å². The van der Waals surface area contributed by atoms with Gasteiger partial charge in [-0.15, -0.1) is 0 Å². The molecular formula is C19H19N3O. The van der Waals surface area contributed by atoms with Crippen LogP contribution in [0.3, 0.4) is 0 Å². The maximum Gasteiger partial charge on any atom is 0.322 e. The van der Waals surface area contributed by atoms with Gasteiger partial charge in [-0.05, 0) is 37.1 Å². The van der Waals surface area contributed by atoms with Gasteiger partial charge in [-0.2, -0.15) is 0 Å². The van der Waals surface area contributed by atoms with Crippen LogP contribution in [0.25, 0.3) is 10.9 Å². The molecule has 0 radical (unpaired) electrons. The fourth-order valence-corrected chi connectivity index (χ4v) is 3.42. The van der Waals surface area contributed by atoms with Crippen LogP contribution in [0.1, 0.15) is 24.2 Å². The maximum atomic E-state index is 12.6. The lowest BCUT2D eigenvalue weighted by Crippen LogP contribution is -2.41. The second-order valence-electron chi connectivity index (χ2n) is 5.98. The second-order valence-corrected chi connectivity index (χ2v) is 5.98. The molecule has 0 saturated heterocycles. The molecule has 2 aromatic carbocycles. The van der Waals surface area contributed by atoms with Gasteiger partial charge in [0, 0.05) is 28.8 Å². The van der Waals surface area contributed by atoms with Gasteiger partial charge in [0.2, 0.25) is 0 Å². The van der Waals surface area contributed by atoms with Crippen molar-refractivity contribution in [2.45, 2.75) is 19.4 Å². The zero-order valence-corrected chi connectivity index (χ0v) is 13.0. The van der Waals surface area contributed by atoms with Crippen LogP contribution in [-0.2, 0) is 6.42 Å². The number of urea groups is 1. The van der Waals surface area contributed by atoms with Crippen LogP contribution in [0.4, 0.5) is 10.5 Å². The van der Waals surface area contributed by atoms with Gasteiger partial charge in [0.1, 0.15) is 0 Å². The Kier molecular flexibility index (Phi) is 3.30. The minimum absolute atomic E-state index is 0.0369. The highest BCUT2D eigenvalue weighted by atomic mass is 16.2. The van der Waals surface area contributed by atoms with Crippen LogP contribution in [-0.4, -0.2) is 22.5 Å². The first-order chi connectivity index (χ1) is 11.2. The van der Waals surface area contributed by atoms with Gasteiger partial charge in [0.15, 0.2) is 0 Å². The lowest BCUT2D eigenvalue weighted by Gasteiger charge is -2.33. The number of aromatic amines is 1. The molecule has 3 aromatic rings. The predicted molar refractivity (Wildman–Crippen MR) is 92.6 cm³/mol. The van der Waals surface area contributed by atoms with E-state index in [1.165, 1.54) is 10.9 Å². The van der Waals surface area contributed by atoms with Crippen LogP contribution >= 0.6 is 0 Å². The number of fused-ring (bicyclic) bond motifs is 3. The summed E-state index contributed by atoms with van der Waals surface area (Å²) in [4.78, 5) is 18.0. The Morgan fingerprint density at radius 1 is 1.13 bits per heavy atom. The number of amides is 2. The maximum absolute atomic E-state index is 12.6. The molecule has 0 unspecified atom stereocenters. The Bertz CT molecular complexity index is 853. The Hall–Kier alpha value is -2.75. The fraction of sp³-hybridized carbons (Fsp3) is 0.211. The van der Waals surface area contributed by atoms with Gasteiger partial charge in [0.25, 0.3) is 0 Å². The number of hydrogen-bond acceptors (Lipinski definition) is 1. The van der Waals surface area contributed by atoms with Crippen molar-refractivity contribution in [3.63, 3.8) is 0 Å². The predicted octanol–water partition coefficient (Wildman–Crippen LogP) is 4.32. The van der Waals surface area contributed by atoms with E-state index < -0.39 is 0 Å². The Balaban J connectivity index is 1.62. The third kappa shape index (κ3) is 2.36. The standard InChI is InChI=1S/C19H19N3O/c1-13-18-16(15-9-5-6-10-17(15)21-18)11-12-22(13)19(23)20-14-7-3-2-4-8-14/h2-10,13,21H,11-12H2,1H3,(H,20,23)/t13-/m1/s1. The third-order valence-corrected chi connectivity index (χ3v) is 4.62. The van der Waals surface area contributed by atoms with Crippen molar-refractivity contribution < 1.29 is 4.79 Å². The van der Waals surface area contributed by atoms with E-state index in [0.717, 1.165) is 29.9 Å². The number of benzene rings is 2. The summed E-state index contributed by atoms with van der Waals surface area (Å²) in [6.45, 7) is 2.81. The highest BCUT2D eigenvalue weighted by molar-refractivity contribution is 5.91. The van der Waals surface area contributed by atoms with Crippen molar-refractivity contribution in [3.8, 4) is 0 Å². The molecule has 0 spiro atoms. The first-order valence-electron chi connectivity index (χ1n) is 7.96. The normalized spacial score (nSPS) is 17.1. The minimum Gasteiger partial charge on any atom is -0.356 e. The minimum atomic E-state index is -0.0481. The average Bonchev–Trinajstić information content (AvgIpc) is 2.96. The number of carbonyl (C=O) groups excluding carboxylic acids is 1. The van der Waals surface area contributed by atoms with Crippen molar-refractivity contribution in [3.05, 3.63) is 65.9 Å². The average molecular weight is 305 g/mol. The van der Waals surface area contributed by atoms with Gasteiger partial charge < -0.3 is 15.2 Å². The molecule has 4 nitrogen and oxygen atoms in total. The lowest BCUT2D eigenvalue weighted by atomic mass is 9.98. The number of H-pyrrole nitrogens is 1. The smallest absolute Gasteiger partial charge is 0.322 e. The van der Waals surface area contributed by atoms with E-state index in [1.54, 1.807) is 0 Å². The van der Waals surface area contributed by atoms with Gasteiger partial charge >= 0.3 is 6.03 Å². The summed E-state index contributed by atoms with van der Waals surface area (Å²) < 4.78 is 0. The Labute approximate surface area is 135 Å². The molecule has 2 N–H and O–H groups in total. The Morgan fingerprint density at radius 2 is 1.87 bits per heavy atom. The fourth-order valence-electron chi connectivity index (χ4n) is 3.42. The van der Waals surface area contributed by atoms with E-state index >= 15 is 0 Å². The molecule has 1 atom stereocenters. The molecule has 2 heterocycles. The topological polar surface area (TPSA) is 48.1 Å². The summed E-state index contributed by atoms with van der Waals surface area (Å²) in [5.41, 5.74) is 4.47. The number of anilines is 1. The van der Waals surface area contributed by atoms with Crippen molar-refractivity contribution in [1.82, 2.24) is 9.88 Å². The monoisotopic (exact) mass is 305 g/mol. The summed E-state index contributed by atoms with van der Waals surface area (Å²) in [6.07, 6.45) is 0.881. The number of aromatic nitrogens is 1. The summed E-state index contributed by atoms with van der Waals surface area (Å²) in [6, 6.07) is 17.9. The van der Waals surface area contributed by atoms with E-state index in [9.17, 15) is 4.79 Å². The van der Waals surface area contributed by atoms with Crippen molar-refractivity contribution in [2.24, 2.45) is 0 Å². The van der Waals surface area contributed by atoms with E-state index in [-0.39, 0.29) is 12.1 Å². The SMILES string of the molecule is C[C@@H]1c2[nH]c3ccccc3c2CCN1C(=O)Nc1ccccc1. The zero-order valence-electron chi connectivity index (χ0n) is 13.0. The second kappa shape index (κ2) is 5.47. The van der Waals surface area contributed by atoms with Gasteiger partial charge in [-0.1, -0.05) is 36.4 Å². The van der Waals surface area contributed by atoms with E-state index in [1.807, 2.05) is 41.3 Å². The summed E-state index contributed by atoms with van der Waals surface area (Å²) in [7, 11) is 0. The first kappa shape index (κ1) is 13.9. The van der Waals surface area contributed by atoms with Crippen molar-refractivity contribution >= 4 is 22.6 Å². The molecule has 2 amide bonds.